The Morgan fingerprint density at radius 2 is 1.61 bits per heavy atom. The molecule has 1 rings (SSSR count). The van der Waals surface area contributed by atoms with Crippen molar-refractivity contribution in [3.63, 3.8) is 0 Å². The zero-order chi connectivity index (χ0) is 17.9. The van der Waals surface area contributed by atoms with Crippen LogP contribution in [0.25, 0.3) is 0 Å². The second-order valence-corrected chi connectivity index (χ2v) is 5.92. The molecule has 5 nitrogen and oxygen atoms in total. The molecule has 0 radical (unpaired) electrons. The molecule has 0 atom stereocenters. The van der Waals surface area contributed by atoms with E-state index in [-0.39, 0.29) is 18.6 Å². The fourth-order valence-corrected chi connectivity index (χ4v) is 2.27. The Hall–Kier alpha value is -1.94. The molecule has 1 aromatic carbocycles. The van der Waals surface area contributed by atoms with E-state index < -0.39 is 56.2 Å². The van der Waals surface area contributed by atoms with Crippen molar-refractivity contribution in [2.24, 2.45) is 0 Å². The molecule has 23 heavy (non-hydrogen) atoms. The molecule has 0 heterocycles. The summed E-state index contributed by atoms with van der Waals surface area (Å²) in [6.45, 7) is 4.38. The topological polar surface area (TPSA) is 80.7 Å². The molecule has 0 amide bonds. The maximum Gasteiger partial charge on any atom is 0.333 e. The van der Waals surface area contributed by atoms with Crippen LogP contribution in [0.5, 0.6) is 0 Å². The first-order valence-electron chi connectivity index (χ1n) is 6.13. The molecule has 0 saturated carbocycles. The molecule has 10 heteroatoms. The van der Waals surface area contributed by atoms with E-state index in [1.54, 1.807) is 0 Å². The Kier molecular flexibility index (Phi) is 5.89. The largest absolute Gasteiger partial charge is 0.462 e. The van der Waals surface area contributed by atoms with Gasteiger partial charge in [0, 0.05) is 11.1 Å². The molecule has 1 N–H and O–H groups in total. The van der Waals surface area contributed by atoms with Crippen molar-refractivity contribution >= 4 is 16.1 Å². The van der Waals surface area contributed by atoms with E-state index in [0.29, 0.717) is 0 Å². The van der Waals surface area contributed by atoms with Crippen molar-refractivity contribution in [3.8, 4) is 0 Å². The smallest absolute Gasteiger partial charge is 0.333 e. The minimum absolute atomic E-state index is 0.0944. The molecule has 0 unspecified atom stereocenters. The highest BCUT2D eigenvalue weighted by Gasteiger charge is 2.31. The Balaban J connectivity index is 3.02. The molecule has 0 aliphatic heterocycles. The van der Waals surface area contributed by atoms with Gasteiger partial charge in [0.1, 0.15) is 0 Å². The lowest BCUT2D eigenvalue weighted by molar-refractivity contribution is -0.139. The number of hydrogen-bond acceptors (Lipinski definition) is 4. The quantitative estimate of drug-likeness (QED) is 0.212. The van der Waals surface area contributed by atoms with Crippen molar-refractivity contribution in [1.82, 2.24) is 0 Å². The predicted molar refractivity (Wildman–Crippen MR) is 70.2 cm³/mol. The number of halogens is 4. The summed E-state index contributed by atoms with van der Waals surface area (Å²) in [4.78, 5) is 8.97. The van der Waals surface area contributed by atoms with Gasteiger partial charge in [0.2, 0.25) is 0 Å². The number of carbonyl (C=O) groups is 1. The first-order chi connectivity index (χ1) is 10.5. The van der Waals surface area contributed by atoms with Crippen LogP contribution in [0.2, 0.25) is 0 Å². The van der Waals surface area contributed by atoms with Crippen LogP contribution in [-0.4, -0.2) is 25.5 Å². The van der Waals surface area contributed by atoms with Crippen molar-refractivity contribution in [3.05, 3.63) is 41.0 Å². The molecule has 0 bridgehead atoms. The van der Waals surface area contributed by atoms with Gasteiger partial charge in [-0.05, 0) is 19.8 Å². The van der Waals surface area contributed by atoms with Gasteiger partial charge in [0.25, 0.3) is 0 Å². The maximum atomic E-state index is 13.7. The lowest BCUT2D eigenvalue weighted by Crippen LogP contribution is -2.14. The van der Waals surface area contributed by atoms with Gasteiger partial charge in [-0.25, -0.2) is 22.4 Å². The van der Waals surface area contributed by atoms with Crippen LogP contribution in [-0.2, 0) is 26.1 Å². The number of esters is 1. The van der Waals surface area contributed by atoms with Gasteiger partial charge >= 0.3 is 16.1 Å². The van der Waals surface area contributed by atoms with Gasteiger partial charge in [-0.3, -0.25) is 4.55 Å². The number of rotatable bonds is 6. The standard InChI is InChI=1S/C13H12F4O5S/c1-6(2)13(18)22-5-3-4-7-8(14)10(16)12(23(19,20)21)11(17)9(7)15/h1,3-5H2,2H3,(H,19,20,21). The Morgan fingerprint density at radius 3 is 2.00 bits per heavy atom. The molecular formula is C13H12F4O5S. The average Bonchev–Trinajstić information content (AvgIpc) is 2.42. The Morgan fingerprint density at radius 1 is 1.13 bits per heavy atom. The Labute approximate surface area is 129 Å². The lowest BCUT2D eigenvalue weighted by Gasteiger charge is -2.10. The van der Waals surface area contributed by atoms with Gasteiger partial charge in [0.05, 0.1) is 6.61 Å². The number of ether oxygens (including phenoxy) is 1. The van der Waals surface area contributed by atoms with Crippen LogP contribution in [0.15, 0.2) is 17.0 Å². The van der Waals surface area contributed by atoms with Crippen molar-refractivity contribution in [1.29, 1.82) is 0 Å². The van der Waals surface area contributed by atoms with Crippen LogP contribution in [0.3, 0.4) is 0 Å². The monoisotopic (exact) mass is 356 g/mol. The number of hydrogen-bond donors (Lipinski definition) is 1. The van der Waals surface area contributed by atoms with E-state index in [0.717, 1.165) is 0 Å². The van der Waals surface area contributed by atoms with Gasteiger partial charge < -0.3 is 4.74 Å². The van der Waals surface area contributed by atoms with E-state index in [1.165, 1.54) is 6.92 Å². The summed E-state index contributed by atoms with van der Waals surface area (Å²) in [5.41, 5.74) is -0.962. The van der Waals surface area contributed by atoms with Crippen molar-refractivity contribution < 1.29 is 40.1 Å². The van der Waals surface area contributed by atoms with Crippen LogP contribution >= 0.6 is 0 Å². The first-order valence-corrected chi connectivity index (χ1v) is 7.57. The molecule has 0 fully saturated rings. The molecule has 1 aromatic rings. The second-order valence-electron chi connectivity index (χ2n) is 4.56. The molecule has 0 aliphatic rings. The summed E-state index contributed by atoms with van der Waals surface area (Å²) in [6.07, 6.45) is -0.752. The number of carbonyl (C=O) groups excluding carboxylic acids is 1. The molecule has 0 aromatic heterocycles. The molecular weight excluding hydrogens is 344 g/mol. The minimum atomic E-state index is -5.48. The first kappa shape index (κ1) is 19.1. The van der Waals surface area contributed by atoms with Crippen LogP contribution in [0, 0.1) is 23.3 Å². The van der Waals surface area contributed by atoms with E-state index >= 15 is 0 Å². The van der Waals surface area contributed by atoms with E-state index in [1.807, 2.05) is 0 Å². The highest BCUT2D eigenvalue weighted by molar-refractivity contribution is 7.85. The van der Waals surface area contributed by atoms with Crippen LogP contribution < -0.4 is 0 Å². The summed E-state index contributed by atoms with van der Waals surface area (Å²) >= 11 is 0. The fraction of sp³-hybridized carbons (Fsp3) is 0.308. The van der Waals surface area contributed by atoms with E-state index in [9.17, 15) is 30.8 Å². The normalized spacial score (nSPS) is 11.4. The highest BCUT2D eigenvalue weighted by atomic mass is 32.2. The number of benzene rings is 1. The van der Waals surface area contributed by atoms with E-state index in [4.69, 9.17) is 4.55 Å². The third-order valence-corrected chi connectivity index (χ3v) is 3.60. The molecule has 128 valence electrons. The fourth-order valence-electron chi connectivity index (χ4n) is 1.64. The Bertz CT molecular complexity index is 729. The van der Waals surface area contributed by atoms with Gasteiger partial charge in [-0.15, -0.1) is 0 Å². The van der Waals surface area contributed by atoms with Crippen molar-refractivity contribution in [2.45, 2.75) is 24.7 Å². The summed E-state index contributed by atoms with van der Waals surface area (Å²) < 4.78 is 89.2. The van der Waals surface area contributed by atoms with Crippen LogP contribution in [0.1, 0.15) is 18.9 Å². The minimum Gasteiger partial charge on any atom is -0.462 e. The zero-order valence-corrected chi connectivity index (χ0v) is 12.6. The molecule has 0 spiro atoms. The third kappa shape index (κ3) is 4.29. The predicted octanol–water partition coefficient (Wildman–Crippen LogP) is 2.54. The summed E-state index contributed by atoms with van der Waals surface area (Å²) in [5, 5.41) is 0. The lowest BCUT2D eigenvalue weighted by atomic mass is 10.1. The van der Waals surface area contributed by atoms with Gasteiger partial charge in [-0.1, -0.05) is 6.58 Å². The zero-order valence-electron chi connectivity index (χ0n) is 11.8. The summed E-state index contributed by atoms with van der Waals surface area (Å²) in [7, 11) is -5.48. The van der Waals surface area contributed by atoms with Crippen molar-refractivity contribution in [2.75, 3.05) is 6.61 Å². The average molecular weight is 356 g/mol. The second kappa shape index (κ2) is 7.09. The molecule has 0 aliphatic carbocycles. The SMILES string of the molecule is C=C(C)C(=O)OCCCc1c(F)c(F)c(S(=O)(=O)O)c(F)c1F. The van der Waals surface area contributed by atoms with Gasteiger partial charge in [0.15, 0.2) is 28.2 Å². The van der Waals surface area contributed by atoms with Gasteiger partial charge in [-0.2, -0.15) is 8.42 Å². The third-order valence-electron chi connectivity index (χ3n) is 2.72. The summed E-state index contributed by atoms with van der Waals surface area (Å²) in [5.74, 6) is -9.07. The van der Waals surface area contributed by atoms with Crippen LogP contribution in [0.4, 0.5) is 17.6 Å². The maximum absolute atomic E-state index is 13.7. The summed E-state index contributed by atoms with van der Waals surface area (Å²) in [6, 6.07) is 0. The molecule has 0 saturated heterocycles. The van der Waals surface area contributed by atoms with E-state index in [2.05, 4.69) is 11.3 Å². The highest BCUT2D eigenvalue weighted by Crippen LogP contribution is 2.28.